The third-order valence-corrected chi connectivity index (χ3v) is 6.58. The lowest BCUT2D eigenvalue weighted by atomic mass is 10.0. The average Bonchev–Trinajstić information content (AvgIpc) is 3.24. The summed E-state index contributed by atoms with van der Waals surface area (Å²) < 4.78 is 40.2. The number of piperidine rings is 1. The number of hydrogen-bond donors (Lipinski definition) is 1. The number of fused-ring (bicyclic) bond motifs is 1. The van der Waals surface area contributed by atoms with Crippen LogP contribution in [-0.4, -0.2) is 88.1 Å². The molecule has 1 aliphatic heterocycles. The van der Waals surface area contributed by atoms with Gasteiger partial charge in [0, 0.05) is 57.1 Å². The summed E-state index contributed by atoms with van der Waals surface area (Å²) in [6, 6.07) is 3.64. The van der Waals surface area contributed by atoms with Crippen LogP contribution in [0.4, 0.5) is 24.8 Å². The third-order valence-electron chi connectivity index (χ3n) is 6.58. The van der Waals surface area contributed by atoms with E-state index in [0.717, 1.165) is 11.4 Å². The summed E-state index contributed by atoms with van der Waals surface area (Å²) in [6.45, 7) is 3.90. The molecule has 36 heavy (non-hydrogen) atoms. The van der Waals surface area contributed by atoms with Crippen molar-refractivity contribution in [2.24, 2.45) is 0 Å². The van der Waals surface area contributed by atoms with Crippen LogP contribution in [0.2, 0.25) is 0 Å². The Morgan fingerprint density at radius 3 is 2.53 bits per heavy atom. The highest BCUT2D eigenvalue weighted by Gasteiger charge is 2.35. The van der Waals surface area contributed by atoms with Crippen molar-refractivity contribution in [3.8, 4) is 11.1 Å². The Morgan fingerprint density at radius 2 is 1.94 bits per heavy atom. The lowest BCUT2D eigenvalue weighted by molar-refractivity contribution is -0.147. The van der Waals surface area contributed by atoms with Gasteiger partial charge in [-0.15, -0.1) is 0 Å². The first-order valence-corrected chi connectivity index (χ1v) is 11.8. The molecule has 1 aliphatic rings. The van der Waals surface area contributed by atoms with E-state index in [1.807, 2.05) is 38.1 Å². The number of carbonyl (C=O) groups is 1. The Kier molecular flexibility index (Phi) is 7.07. The molecular formula is C24H30F3N7O2. The molecule has 0 aromatic carbocycles. The molecule has 0 unspecified atom stereocenters. The molecule has 0 saturated carbocycles. The number of alkyl halides is 3. The zero-order valence-electron chi connectivity index (χ0n) is 20.7. The standard InChI is InChI=1S/C24H30F3N7O2/c1-5-33(17-7-10-32(11-8-17)14-24(25,26)27)22-15(2)20(23(35)36)30-21-18(13-29-34(21)22)16-6-9-28-19(12-16)31(3)4/h6,9,12-13,17H,5,7-8,10-11,14H2,1-4H3,(H,35,36). The molecular weight excluding hydrogens is 475 g/mol. The summed E-state index contributed by atoms with van der Waals surface area (Å²) in [5.74, 6) is 0.184. The molecule has 0 bridgehead atoms. The average molecular weight is 506 g/mol. The van der Waals surface area contributed by atoms with Crippen LogP contribution in [-0.2, 0) is 0 Å². The number of anilines is 2. The zero-order chi connectivity index (χ0) is 26.2. The monoisotopic (exact) mass is 505 g/mol. The first-order valence-electron chi connectivity index (χ1n) is 11.8. The number of carboxylic acids is 1. The molecule has 3 aromatic heterocycles. The third kappa shape index (κ3) is 5.08. The van der Waals surface area contributed by atoms with Crippen molar-refractivity contribution in [3.63, 3.8) is 0 Å². The summed E-state index contributed by atoms with van der Waals surface area (Å²) in [4.78, 5) is 26.3. The van der Waals surface area contributed by atoms with E-state index in [1.54, 1.807) is 23.8 Å². The molecule has 9 nitrogen and oxygen atoms in total. The fourth-order valence-corrected chi connectivity index (χ4v) is 4.86. The van der Waals surface area contributed by atoms with Gasteiger partial charge in [-0.25, -0.2) is 14.8 Å². The molecule has 12 heteroatoms. The molecule has 0 spiro atoms. The van der Waals surface area contributed by atoms with Crippen LogP contribution in [0, 0.1) is 6.92 Å². The maximum Gasteiger partial charge on any atom is 0.401 e. The quantitative estimate of drug-likeness (QED) is 0.520. The number of aromatic carboxylic acids is 1. The van der Waals surface area contributed by atoms with Gasteiger partial charge in [-0.2, -0.15) is 22.8 Å². The summed E-state index contributed by atoms with van der Waals surface area (Å²) in [7, 11) is 3.76. The number of nitrogens with zero attached hydrogens (tertiary/aromatic N) is 7. The van der Waals surface area contributed by atoms with E-state index in [1.165, 1.54) is 4.90 Å². The van der Waals surface area contributed by atoms with Crippen molar-refractivity contribution in [2.45, 2.75) is 38.9 Å². The maximum absolute atomic E-state index is 12.9. The van der Waals surface area contributed by atoms with Crippen molar-refractivity contribution in [1.82, 2.24) is 24.5 Å². The van der Waals surface area contributed by atoms with Gasteiger partial charge in [0.05, 0.1) is 12.7 Å². The van der Waals surface area contributed by atoms with Crippen LogP contribution in [0.5, 0.6) is 0 Å². The van der Waals surface area contributed by atoms with Gasteiger partial charge in [0.25, 0.3) is 0 Å². The fourth-order valence-electron chi connectivity index (χ4n) is 4.86. The van der Waals surface area contributed by atoms with E-state index in [-0.39, 0.29) is 11.7 Å². The molecule has 0 amide bonds. The summed E-state index contributed by atoms with van der Waals surface area (Å²) >= 11 is 0. The summed E-state index contributed by atoms with van der Waals surface area (Å²) in [5, 5.41) is 14.5. The Balaban J connectivity index is 1.77. The van der Waals surface area contributed by atoms with Gasteiger partial charge in [0.2, 0.25) is 0 Å². The molecule has 1 N–H and O–H groups in total. The molecule has 1 saturated heterocycles. The van der Waals surface area contributed by atoms with Crippen molar-refractivity contribution < 1.29 is 23.1 Å². The van der Waals surface area contributed by atoms with Gasteiger partial charge in [0.1, 0.15) is 11.6 Å². The van der Waals surface area contributed by atoms with Crippen molar-refractivity contribution >= 4 is 23.3 Å². The molecule has 0 atom stereocenters. The minimum atomic E-state index is -4.23. The molecule has 194 valence electrons. The van der Waals surface area contributed by atoms with Crippen LogP contribution in [0.25, 0.3) is 16.8 Å². The smallest absolute Gasteiger partial charge is 0.401 e. The van der Waals surface area contributed by atoms with Gasteiger partial charge in [-0.05, 0) is 44.4 Å². The Hall–Kier alpha value is -3.41. The second kappa shape index (κ2) is 9.92. The molecule has 3 aromatic rings. The van der Waals surface area contributed by atoms with Crippen LogP contribution in [0.1, 0.15) is 35.8 Å². The second-order valence-corrected chi connectivity index (χ2v) is 9.21. The highest BCUT2D eigenvalue weighted by atomic mass is 19.4. The van der Waals surface area contributed by atoms with Gasteiger partial charge in [-0.3, -0.25) is 4.90 Å². The normalized spacial score (nSPS) is 15.4. The minimum Gasteiger partial charge on any atom is -0.476 e. The fraction of sp³-hybridized carbons (Fsp3) is 0.500. The second-order valence-electron chi connectivity index (χ2n) is 9.21. The lowest BCUT2D eigenvalue weighted by Gasteiger charge is -2.40. The Labute approximate surface area is 207 Å². The van der Waals surface area contributed by atoms with Crippen LogP contribution in [0.15, 0.2) is 24.5 Å². The minimum absolute atomic E-state index is 0.0562. The van der Waals surface area contributed by atoms with Crippen LogP contribution < -0.4 is 9.80 Å². The first-order chi connectivity index (χ1) is 17.0. The Bertz CT molecular complexity index is 1250. The highest BCUT2D eigenvalue weighted by molar-refractivity contribution is 5.91. The van der Waals surface area contributed by atoms with Gasteiger partial charge in [-0.1, -0.05) is 0 Å². The number of hydrogen-bond acceptors (Lipinski definition) is 7. The number of carboxylic acid groups (broad SMARTS) is 1. The SMILES string of the molecule is CCN(c1c(C)c(C(=O)O)nc2c(-c3ccnc(N(C)C)c3)cnn12)C1CCN(CC(F)(F)F)CC1. The van der Waals surface area contributed by atoms with E-state index in [0.29, 0.717) is 55.1 Å². The number of halogens is 3. The van der Waals surface area contributed by atoms with Crippen molar-refractivity contribution in [1.29, 1.82) is 0 Å². The lowest BCUT2D eigenvalue weighted by Crippen LogP contribution is -2.48. The number of rotatable bonds is 7. The largest absolute Gasteiger partial charge is 0.476 e. The zero-order valence-corrected chi connectivity index (χ0v) is 20.7. The van der Waals surface area contributed by atoms with Crippen LogP contribution in [0.3, 0.4) is 0 Å². The predicted molar refractivity (Wildman–Crippen MR) is 131 cm³/mol. The molecule has 0 radical (unpaired) electrons. The van der Waals surface area contributed by atoms with Crippen molar-refractivity contribution in [3.05, 3.63) is 35.8 Å². The van der Waals surface area contributed by atoms with Crippen molar-refractivity contribution in [2.75, 3.05) is 50.1 Å². The number of aromatic nitrogens is 4. The molecule has 4 heterocycles. The van der Waals surface area contributed by atoms with Gasteiger partial charge in [0.15, 0.2) is 11.3 Å². The van der Waals surface area contributed by atoms with E-state index >= 15 is 0 Å². The first kappa shape index (κ1) is 25.7. The Morgan fingerprint density at radius 1 is 1.25 bits per heavy atom. The van der Waals surface area contributed by atoms with E-state index in [2.05, 4.69) is 20.0 Å². The highest BCUT2D eigenvalue weighted by Crippen LogP contribution is 2.33. The van der Waals surface area contributed by atoms with E-state index in [9.17, 15) is 23.1 Å². The van der Waals surface area contributed by atoms with E-state index in [4.69, 9.17) is 0 Å². The number of pyridine rings is 1. The number of likely N-dealkylation sites (tertiary alicyclic amines) is 1. The van der Waals surface area contributed by atoms with E-state index < -0.39 is 18.7 Å². The molecule has 1 fully saturated rings. The predicted octanol–water partition coefficient (Wildman–Crippen LogP) is 3.72. The summed E-state index contributed by atoms with van der Waals surface area (Å²) in [6.07, 6.45) is 0.160. The van der Waals surface area contributed by atoms with Gasteiger partial charge >= 0.3 is 12.1 Å². The van der Waals surface area contributed by atoms with Crippen LogP contribution >= 0.6 is 0 Å². The molecule has 4 rings (SSSR count). The topological polar surface area (TPSA) is 90.1 Å². The maximum atomic E-state index is 12.9. The summed E-state index contributed by atoms with van der Waals surface area (Å²) in [5.41, 5.74) is 2.25. The van der Waals surface area contributed by atoms with Gasteiger partial charge < -0.3 is 14.9 Å². The molecule has 0 aliphatic carbocycles.